The minimum Gasteiger partial charge on any atom is -0.248 e. The van der Waals surface area contributed by atoms with Crippen molar-refractivity contribution in [3.8, 4) is 0 Å². The summed E-state index contributed by atoms with van der Waals surface area (Å²) in [5.41, 5.74) is 9.94. The summed E-state index contributed by atoms with van der Waals surface area (Å²) in [5.74, 6) is 0. The average Bonchev–Trinajstić information content (AvgIpc) is 2.28. The average molecular weight is 174 g/mol. The van der Waals surface area contributed by atoms with Gasteiger partial charge >= 0.3 is 0 Å². The highest BCUT2D eigenvalue weighted by Crippen LogP contribution is 2.47. The van der Waals surface area contributed by atoms with E-state index >= 15 is 0 Å². The lowest BCUT2D eigenvalue weighted by Crippen LogP contribution is -2.79. The highest BCUT2D eigenvalue weighted by Gasteiger charge is 2.58. The van der Waals surface area contributed by atoms with Crippen LogP contribution < -0.4 is 10.9 Å². The maximum Gasteiger partial charge on any atom is 0.0741 e. The SMILES string of the molecule is C[C@]12Cc3ccccc3[C@@]1(C)NN2. The Kier molecular flexibility index (Phi) is 1.14. The van der Waals surface area contributed by atoms with Crippen LogP contribution in [-0.4, -0.2) is 5.54 Å². The van der Waals surface area contributed by atoms with Crippen molar-refractivity contribution in [3.05, 3.63) is 35.4 Å². The molecule has 0 spiro atoms. The van der Waals surface area contributed by atoms with E-state index in [0.717, 1.165) is 6.42 Å². The largest absolute Gasteiger partial charge is 0.248 e. The van der Waals surface area contributed by atoms with Crippen LogP contribution in [0.2, 0.25) is 0 Å². The Balaban J connectivity index is 2.22. The number of hydrogen-bond donors (Lipinski definition) is 2. The van der Waals surface area contributed by atoms with Gasteiger partial charge in [-0.3, -0.25) is 0 Å². The van der Waals surface area contributed by atoms with Gasteiger partial charge in [0, 0.05) is 0 Å². The lowest BCUT2D eigenvalue weighted by atomic mass is 9.77. The Bertz CT molecular complexity index is 374. The fraction of sp³-hybridized carbons (Fsp3) is 0.455. The molecule has 3 rings (SSSR count). The highest BCUT2D eigenvalue weighted by atomic mass is 15.5. The zero-order chi connectivity index (χ0) is 9.10. The molecule has 1 aromatic carbocycles. The molecule has 2 nitrogen and oxygen atoms in total. The first kappa shape index (κ1) is 7.54. The minimum atomic E-state index is 0.142. The van der Waals surface area contributed by atoms with Gasteiger partial charge < -0.3 is 0 Å². The number of benzene rings is 1. The molecule has 2 aliphatic rings. The molecule has 1 saturated heterocycles. The number of hydrazine groups is 1. The molecule has 0 bridgehead atoms. The molecule has 2 N–H and O–H groups in total. The van der Waals surface area contributed by atoms with Crippen LogP contribution in [0.3, 0.4) is 0 Å². The van der Waals surface area contributed by atoms with Crippen molar-refractivity contribution in [1.29, 1.82) is 0 Å². The van der Waals surface area contributed by atoms with E-state index in [1.807, 2.05) is 0 Å². The van der Waals surface area contributed by atoms with Gasteiger partial charge in [-0.05, 0) is 31.4 Å². The van der Waals surface area contributed by atoms with Crippen LogP contribution in [0.15, 0.2) is 24.3 Å². The lowest BCUT2D eigenvalue weighted by molar-refractivity contribution is 0.0232. The van der Waals surface area contributed by atoms with Gasteiger partial charge in [0.15, 0.2) is 0 Å². The summed E-state index contributed by atoms with van der Waals surface area (Å²) in [6.07, 6.45) is 1.13. The van der Waals surface area contributed by atoms with Crippen LogP contribution in [0.5, 0.6) is 0 Å². The maximum absolute atomic E-state index is 3.33. The molecule has 2 heteroatoms. The molecule has 13 heavy (non-hydrogen) atoms. The summed E-state index contributed by atoms with van der Waals surface area (Å²) in [6, 6.07) is 8.70. The molecular formula is C11H14N2. The molecule has 0 amide bonds. The third-order valence-corrected chi connectivity index (χ3v) is 3.79. The van der Waals surface area contributed by atoms with Gasteiger partial charge in [0.2, 0.25) is 0 Å². The van der Waals surface area contributed by atoms with Gasteiger partial charge in [-0.25, -0.2) is 10.9 Å². The fourth-order valence-electron chi connectivity index (χ4n) is 2.59. The van der Waals surface area contributed by atoms with Crippen LogP contribution in [0.25, 0.3) is 0 Å². The molecule has 0 saturated carbocycles. The predicted molar refractivity (Wildman–Crippen MR) is 52.2 cm³/mol. The molecule has 1 aromatic rings. The standard InChI is InChI=1S/C11H14N2/c1-10-7-8-5-3-4-6-9(8)11(10,2)13-12-10/h3-6,12-13H,7H2,1-2H3/t10-,11+/m0/s1. The van der Waals surface area contributed by atoms with E-state index < -0.39 is 0 Å². The Morgan fingerprint density at radius 2 is 1.92 bits per heavy atom. The monoisotopic (exact) mass is 174 g/mol. The summed E-state index contributed by atoms with van der Waals surface area (Å²) >= 11 is 0. The molecule has 1 fully saturated rings. The van der Waals surface area contributed by atoms with Gasteiger partial charge in [-0.1, -0.05) is 24.3 Å². The summed E-state index contributed by atoms with van der Waals surface area (Å²) in [5, 5.41) is 0. The van der Waals surface area contributed by atoms with E-state index in [9.17, 15) is 0 Å². The van der Waals surface area contributed by atoms with E-state index in [2.05, 4.69) is 49.0 Å². The normalized spacial score (nSPS) is 40.8. The molecule has 0 radical (unpaired) electrons. The number of hydrogen-bond acceptors (Lipinski definition) is 2. The van der Waals surface area contributed by atoms with E-state index in [0.29, 0.717) is 0 Å². The van der Waals surface area contributed by atoms with E-state index in [4.69, 9.17) is 0 Å². The number of nitrogens with one attached hydrogen (secondary N) is 2. The summed E-state index contributed by atoms with van der Waals surface area (Å²) < 4.78 is 0. The molecule has 1 aliphatic heterocycles. The molecular weight excluding hydrogens is 160 g/mol. The second-order valence-electron chi connectivity index (χ2n) is 4.54. The van der Waals surface area contributed by atoms with Crippen molar-refractivity contribution in [2.24, 2.45) is 0 Å². The van der Waals surface area contributed by atoms with E-state index in [-0.39, 0.29) is 11.1 Å². The summed E-state index contributed by atoms with van der Waals surface area (Å²) in [4.78, 5) is 0. The molecule has 1 heterocycles. The van der Waals surface area contributed by atoms with Crippen molar-refractivity contribution in [2.75, 3.05) is 0 Å². The van der Waals surface area contributed by atoms with Crippen molar-refractivity contribution in [2.45, 2.75) is 31.3 Å². The van der Waals surface area contributed by atoms with Gasteiger partial charge in [0.05, 0.1) is 11.1 Å². The van der Waals surface area contributed by atoms with Crippen LogP contribution in [0.4, 0.5) is 0 Å². The number of fused-ring (bicyclic) bond motifs is 3. The second-order valence-corrected chi connectivity index (χ2v) is 4.54. The Labute approximate surface area is 78.3 Å². The summed E-state index contributed by atoms with van der Waals surface area (Å²) in [7, 11) is 0. The Hall–Kier alpha value is -0.860. The van der Waals surface area contributed by atoms with Crippen molar-refractivity contribution in [1.82, 2.24) is 10.9 Å². The van der Waals surface area contributed by atoms with E-state index in [1.54, 1.807) is 0 Å². The molecule has 2 atom stereocenters. The first-order chi connectivity index (χ1) is 6.16. The van der Waals surface area contributed by atoms with Gasteiger partial charge in [0.25, 0.3) is 0 Å². The summed E-state index contributed by atoms with van der Waals surface area (Å²) in [6.45, 7) is 4.55. The first-order valence-electron chi connectivity index (χ1n) is 4.78. The molecule has 1 aliphatic carbocycles. The Morgan fingerprint density at radius 3 is 2.62 bits per heavy atom. The predicted octanol–water partition coefficient (Wildman–Crippen LogP) is 1.32. The van der Waals surface area contributed by atoms with Crippen LogP contribution in [0, 0.1) is 0 Å². The number of rotatable bonds is 0. The van der Waals surface area contributed by atoms with Gasteiger partial charge in [0.1, 0.15) is 0 Å². The second kappa shape index (κ2) is 1.97. The van der Waals surface area contributed by atoms with Crippen molar-refractivity contribution >= 4 is 0 Å². The fourth-order valence-corrected chi connectivity index (χ4v) is 2.59. The van der Waals surface area contributed by atoms with Crippen molar-refractivity contribution < 1.29 is 0 Å². The van der Waals surface area contributed by atoms with Gasteiger partial charge in [-0.2, -0.15) is 0 Å². The maximum atomic E-state index is 3.33. The van der Waals surface area contributed by atoms with Crippen LogP contribution >= 0.6 is 0 Å². The van der Waals surface area contributed by atoms with Crippen LogP contribution in [-0.2, 0) is 12.0 Å². The molecule has 0 aromatic heterocycles. The zero-order valence-electron chi connectivity index (χ0n) is 8.02. The minimum absolute atomic E-state index is 0.142. The van der Waals surface area contributed by atoms with Crippen molar-refractivity contribution in [3.63, 3.8) is 0 Å². The van der Waals surface area contributed by atoms with Gasteiger partial charge in [-0.15, -0.1) is 0 Å². The highest BCUT2D eigenvalue weighted by molar-refractivity contribution is 5.46. The third-order valence-electron chi connectivity index (χ3n) is 3.79. The smallest absolute Gasteiger partial charge is 0.0741 e. The zero-order valence-corrected chi connectivity index (χ0v) is 8.02. The van der Waals surface area contributed by atoms with Crippen LogP contribution in [0.1, 0.15) is 25.0 Å². The lowest BCUT2D eigenvalue weighted by Gasteiger charge is -2.53. The Morgan fingerprint density at radius 1 is 1.15 bits per heavy atom. The molecule has 0 unspecified atom stereocenters. The third kappa shape index (κ3) is 0.675. The quantitative estimate of drug-likeness (QED) is 0.620. The first-order valence-corrected chi connectivity index (χ1v) is 4.78. The topological polar surface area (TPSA) is 24.1 Å². The van der Waals surface area contributed by atoms with E-state index in [1.165, 1.54) is 11.1 Å². The molecule has 68 valence electrons.